The second-order valence-corrected chi connectivity index (χ2v) is 6.50. The predicted molar refractivity (Wildman–Crippen MR) is 83.2 cm³/mol. The summed E-state index contributed by atoms with van der Waals surface area (Å²) in [5.41, 5.74) is 1.51. The minimum Gasteiger partial charge on any atom is -0.376 e. The van der Waals surface area contributed by atoms with E-state index in [-0.39, 0.29) is 11.5 Å². The lowest BCUT2D eigenvalue weighted by Gasteiger charge is -2.28. The van der Waals surface area contributed by atoms with Gasteiger partial charge in [-0.1, -0.05) is 51.1 Å². The SMILES string of the molecule is CC(C)(C)CC(Nc1ccc(F)cc1F)c1ccccc1. The molecule has 0 radical (unpaired) electrons. The lowest BCUT2D eigenvalue weighted by atomic mass is 9.85. The topological polar surface area (TPSA) is 12.0 Å². The van der Waals surface area contributed by atoms with Gasteiger partial charge in [-0.25, -0.2) is 8.78 Å². The van der Waals surface area contributed by atoms with Gasteiger partial charge in [0.2, 0.25) is 0 Å². The molecule has 2 rings (SSSR count). The van der Waals surface area contributed by atoms with Gasteiger partial charge in [0.25, 0.3) is 0 Å². The summed E-state index contributed by atoms with van der Waals surface area (Å²) in [5, 5.41) is 3.21. The smallest absolute Gasteiger partial charge is 0.149 e. The maximum absolute atomic E-state index is 13.9. The van der Waals surface area contributed by atoms with Crippen molar-refractivity contribution in [2.24, 2.45) is 5.41 Å². The molecule has 0 amide bonds. The lowest BCUT2D eigenvalue weighted by molar-refractivity contribution is 0.352. The molecule has 112 valence electrons. The Hall–Kier alpha value is -1.90. The predicted octanol–water partition coefficient (Wildman–Crippen LogP) is 5.55. The van der Waals surface area contributed by atoms with Crippen molar-refractivity contribution in [3.05, 3.63) is 65.7 Å². The standard InChI is InChI=1S/C18H21F2N/c1-18(2,3)12-17(13-7-5-4-6-8-13)21-16-10-9-14(19)11-15(16)20/h4-11,17,21H,12H2,1-3H3. The number of benzene rings is 2. The van der Waals surface area contributed by atoms with Crippen LogP contribution in [0.15, 0.2) is 48.5 Å². The zero-order valence-electron chi connectivity index (χ0n) is 12.7. The Balaban J connectivity index is 2.28. The third-order valence-corrected chi connectivity index (χ3v) is 3.28. The highest BCUT2D eigenvalue weighted by molar-refractivity contribution is 5.47. The molecule has 0 aliphatic heterocycles. The van der Waals surface area contributed by atoms with Crippen molar-refractivity contribution in [2.75, 3.05) is 5.32 Å². The monoisotopic (exact) mass is 289 g/mol. The van der Waals surface area contributed by atoms with Crippen LogP contribution in [0.4, 0.5) is 14.5 Å². The van der Waals surface area contributed by atoms with Crippen LogP contribution in [0.2, 0.25) is 0 Å². The highest BCUT2D eigenvalue weighted by atomic mass is 19.1. The molecule has 0 fully saturated rings. The molecule has 1 N–H and O–H groups in total. The van der Waals surface area contributed by atoms with Crippen LogP contribution in [0.3, 0.4) is 0 Å². The molecule has 0 spiro atoms. The summed E-state index contributed by atoms with van der Waals surface area (Å²) in [6, 6.07) is 13.5. The summed E-state index contributed by atoms with van der Waals surface area (Å²) < 4.78 is 26.9. The van der Waals surface area contributed by atoms with Gasteiger partial charge < -0.3 is 5.32 Å². The molecule has 1 atom stereocenters. The number of anilines is 1. The second kappa shape index (κ2) is 6.25. The lowest BCUT2D eigenvalue weighted by Crippen LogP contribution is -2.19. The Morgan fingerprint density at radius 1 is 1.00 bits per heavy atom. The van der Waals surface area contributed by atoms with Gasteiger partial charge in [-0.2, -0.15) is 0 Å². The maximum atomic E-state index is 13.9. The van der Waals surface area contributed by atoms with Crippen LogP contribution >= 0.6 is 0 Å². The van der Waals surface area contributed by atoms with Gasteiger partial charge in [-0.15, -0.1) is 0 Å². The highest BCUT2D eigenvalue weighted by Crippen LogP contribution is 2.32. The summed E-state index contributed by atoms with van der Waals surface area (Å²) in [4.78, 5) is 0. The molecule has 1 unspecified atom stereocenters. The van der Waals surface area contributed by atoms with Crippen molar-refractivity contribution in [1.29, 1.82) is 0 Å². The highest BCUT2D eigenvalue weighted by Gasteiger charge is 2.21. The van der Waals surface area contributed by atoms with E-state index in [4.69, 9.17) is 0 Å². The van der Waals surface area contributed by atoms with Crippen LogP contribution in [0, 0.1) is 17.0 Å². The molecule has 0 saturated carbocycles. The summed E-state index contributed by atoms with van der Waals surface area (Å²) in [5.74, 6) is -1.13. The van der Waals surface area contributed by atoms with E-state index in [1.54, 1.807) is 0 Å². The first-order valence-corrected chi connectivity index (χ1v) is 7.12. The van der Waals surface area contributed by atoms with Gasteiger partial charge in [0.05, 0.1) is 11.7 Å². The van der Waals surface area contributed by atoms with Crippen molar-refractivity contribution in [3.8, 4) is 0 Å². The largest absolute Gasteiger partial charge is 0.376 e. The fraction of sp³-hybridized carbons (Fsp3) is 0.333. The molecule has 2 aromatic rings. The molecule has 0 bridgehead atoms. The second-order valence-electron chi connectivity index (χ2n) is 6.50. The van der Waals surface area contributed by atoms with Crippen LogP contribution in [0.25, 0.3) is 0 Å². The zero-order valence-corrected chi connectivity index (χ0v) is 12.7. The minimum atomic E-state index is -0.565. The van der Waals surface area contributed by atoms with Gasteiger partial charge in [-0.05, 0) is 29.5 Å². The minimum absolute atomic E-state index is 0.0221. The van der Waals surface area contributed by atoms with Crippen molar-refractivity contribution in [2.45, 2.75) is 33.2 Å². The van der Waals surface area contributed by atoms with E-state index in [1.807, 2.05) is 30.3 Å². The molecule has 0 aliphatic carbocycles. The van der Waals surface area contributed by atoms with E-state index >= 15 is 0 Å². The zero-order chi connectivity index (χ0) is 15.5. The third-order valence-electron chi connectivity index (χ3n) is 3.28. The first kappa shape index (κ1) is 15.5. The van der Waals surface area contributed by atoms with Crippen LogP contribution < -0.4 is 5.32 Å². The maximum Gasteiger partial charge on any atom is 0.149 e. The van der Waals surface area contributed by atoms with Gasteiger partial charge >= 0.3 is 0 Å². The Kier molecular flexibility index (Phi) is 4.61. The number of hydrogen-bond donors (Lipinski definition) is 1. The number of halogens is 2. The summed E-state index contributed by atoms with van der Waals surface area (Å²) in [6.45, 7) is 6.43. The van der Waals surface area contributed by atoms with Crippen LogP contribution in [-0.2, 0) is 0 Å². The van der Waals surface area contributed by atoms with Gasteiger partial charge in [0.1, 0.15) is 11.6 Å². The summed E-state index contributed by atoms with van der Waals surface area (Å²) in [6.07, 6.45) is 0.841. The van der Waals surface area contributed by atoms with Crippen molar-refractivity contribution in [1.82, 2.24) is 0 Å². The Morgan fingerprint density at radius 2 is 1.67 bits per heavy atom. The van der Waals surface area contributed by atoms with Crippen molar-refractivity contribution >= 4 is 5.69 Å². The Bertz CT molecular complexity index is 588. The molecule has 3 heteroatoms. The molecule has 21 heavy (non-hydrogen) atoms. The van der Waals surface area contributed by atoms with Crippen molar-refractivity contribution in [3.63, 3.8) is 0 Å². The summed E-state index contributed by atoms with van der Waals surface area (Å²) >= 11 is 0. The third kappa shape index (κ3) is 4.55. The molecule has 0 saturated heterocycles. The first-order valence-electron chi connectivity index (χ1n) is 7.12. The fourth-order valence-corrected chi connectivity index (χ4v) is 2.34. The Morgan fingerprint density at radius 3 is 2.24 bits per heavy atom. The molecule has 0 heterocycles. The van der Waals surface area contributed by atoms with Crippen molar-refractivity contribution < 1.29 is 8.78 Å². The van der Waals surface area contributed by atoms with E-state index in [2.05, 4.69) is 26.1 Å². The van der Waals surface area contributed by atoms with E-state index in [1.165, 1.54) is 12.1 Å². The molecule has 0 aliphatic rings. The molecule has 2 aromatic carbocycles. The van der Waals surface area contributed by atoms with Crippen LogP contribution in [-0.4, -0.2) is 0 Å². The molecule has 1 nitrogen and oxygen atoms in total. The Labute approximate surface area is 125 Å². The normalized spacial score (nSPS) is 13.0. The first-order chi connectivity index (χ1) is 9.85. The van der Waals surface area contributed by atoms with Crippen LogP contribution in [0.1, 0.15) is 38.8 Å². The summed E-state index contributed by atoms with van der Waals surface area (Å²) in [7, 11) is 0. The molecular weight excluding hydrogens is 268 g/mol. The molecule has 0 aromatic heterocycles. The average molecular weight is 289 g/mol. The van der Waals surface area contributed by atoms with E-state index in [0.29, 0.717) is 5.69 Å². The fourth-order valence-electron chi connectivity index (χ4n) is 2.34. The van der Waals surface area contributed by atoms with Gasteiger partial charge in [0, 0.05) is 6.07 Å². The van der Waals surface area contributed by atoms with E-state index in [0.717, 1.165) is 18.1 Å². The number of rotatable bonds is 4. The van der Waals surface area contributed by atoms with Crippen LogP contribution in [0.5, 0.6) is 0 Å². The van der Waals surface area contributed by atoms with Gasteiger partial charge in [-0.3, -0.25) is 0 Å². The number of nitrogens with one attached hydrogen (secondary N) is 1. The average Bonchev–Trinajstić information content (AvgIpc) is 2.40. The van der Waals surface area contributed by atoms with E-state index in [9.17, 15) is 8.78 Å². The van der Waals surface area contributed by atoms with E-state index < -0.39 is 11.6 Å². The molecular formula is C18H21F2N. The number of hydrogen-bond acceptors (Lipinski definition) is 1. The van der Waals surface area contributed by atoms with Gasteiger partial charge in [0.15, 0.2) is 0 Å². The quantitative estimate of drug-likeness (QED) is 0.777.